The van der Waals surface area contributed by atoms with Crippen LogP contribution in [-0.2, 0) is 11.3 Å². The minimum atomic E-state index is -1.11. The fourth-order valence-corrected chi connectivity index (χ4v) is 3.18. The molecule has 11 heteroatoms. The third-order valence-electron chi connectivity index (χ3n) is 4.95. The Labute approximate surface area is 171 Å². The maximum atomic E-state index is 13.2. The van der Waals surface area contributed by atoms with E-state index in [9.17, 15) is 14.3 Å². The lowest BCUT2D eigenvalue weighted by Gasteiger charge is -2.13. The van der Waals surface area contributed by atoms with Crippen LogP contribution in [0.5, 0.6) is 0 Å². The second-order valence-electron chi connectivity index (χ2n) is 7.08. The van der Waals surface area contributed by atoms with Crippen LogP contribution in [0.25, 0.3) is 5.65 Å². The van der Waals surface area contributed by atoms with Gasteiger partial charge in [0, 0.05) is 39.0 Å². The molecule has 0 spiro atoms. The Hall–Kier alpha value is -3.02. The number of pyridine rings is 1. The highest BCUT2D eigenvalue weighted by atomic mass is 19.1. The summed E-state index contributed by atoms with van der Waals surface area (Å²) in [7, 11) is 3.31. The average molecular weight is 417 g/mol. The molecule has 0 saturated heterocycles. The number of anilines is 3. The Balaban J connectivity index is 1.66. The van der Waals surface area contributed by atoms with E-state index in [0.717, 1.165) is 0 Å². The fourth-order valence-electron chi connectivity index (χ4n) is 3.18. The number of aromatic nitrogens is 4. The van der Waals surface area contributed by atoms with Gasteiger partial charge in [-0.1, -0.05) is 0 Å². The van der Waals surface area contributed by atoms with Crippen molar-refractivity contribution >= 4 is 23.0 Å². The van der Waals surface area contributed by atoms with E-state index in [0.29, 0.717) is 48.1 Å². The number of aliphatic hydroxyl groups is 1. The predicted molar refractivity (Wildman–Crippen MR) is 110 cm³/mol. The van der Waals surface area contributed by atoms with E-state index >= 15 is 0 Å². The molecule has 0 amide bonds. The van der Waals surface area contributed by atoms with Crippen LogP contribution >= 0.6 is 0 Å². The lowest BCUT2D eigenvalue weighted by molar-refractivity contribution is 0.134. The molecule has 0 aliphatic heterocycles. The SMILES string of the molecule is CNc1cc(Nc2cccn(CCOC)c2=O)nc2c(C(O)N[C@H]3C[C@H]3F)cnn12. The first-order valence-electron chi connectivity index (χ1n) is 9.62. The van der Waals surface area contributed by atoms with Crippen molar-refractivity contribution in [1.29, 1.82) is 0 Å². The van der Waals surface area contributed by atoms with Crippen molar-refractivity contribution < 1.29 is 14.2 Å². The molecule has 4 rings (SSSR count). The Bertz CT molecular complexity index is 1100. The van der Waals surface area contributed by atoms with Crippen molar-refractivity contribution in [3.8, 4) is 0 Å². The number of aliphatic hydroxyl groups excluding tert-OH is 1. The molecular weight excluding hydrogens is 393 g/mol. The quantitative estimate of drug-likeness (QED) is 0.381. The number of halogens is 1. The number of methoxy groups -OCH3 is 1. The number of hydrogen-bond donors (Lipinski definition) is 4. The first kappa shape index (κ1) is 20.3. The zero-order valence-corrected chi connectivity index (χ0v) is 16.7. The molecule has 10 nitrogen and oxygen atoms in total. The minimum absolute atomic E-state index is 0.208. The van der Waals surface area contributed by atoms with Crippen LogP contribution in [-0.4, -0.2) is 57.2 Å². The van der Waals surface area contributed by atoms with Gasteiger partial charge in [0.1, 0.15) is 29.7 Å². The number of fused-ring (bicyclic) bond motifs is 1. The molecule has 3 aromatic heterocycles. The predicted octanol–water partition coefficient (Wildman–Crippen LogP) is 1.01. The van der Waals surface area contributed by atoms with Crippen molar-refractivity contribution in [2.75, 3.05) is 31.4 Å². The molecule has 30 heavy (non-hydrogen) atoms. The smallest absolute Gasteiger partial charge is 0.274 e. The fraction of sp³-hybridized carbons (Fsp3) is 0.421. The summed E-state index contributed by atoms with van der Waals surface area (Å²) in [4.78, 5) is 17.2. The van der Waals surface area contributed by atoms with Crippen molar-refractivity contribution in [1.82, 2.24) is 24.5 Å². The van der Waals surface area contributed by atoms with E-state index in [1.165, 1.54) is 10.7 Å². The van der Waals surface area contributed by atoms with Gasteiger partial charge >= 0.3 is 0 Å². The molecule has 3 aromatic rings. The number of alkyl halides is 1. The second kappa shape index (κ2) is 8.38. The van der Waals surface area contributed by atoms with Crippen molar-refractivity contribution in [3.63, 3.8) is 0 Å². The summed E-state index contributed by atoms with van der Waals surface area (Å²) in [5.41, 5.74) is 0.946. The van der Waals surface area contributed by atoms with Gasteiger partial charge in [0.15, 0.2) is 5.65 Å². The van der Waals surface area contributed by atoms with Crippen LogP contribution in [0.15, 0.2) is 35.4 Å². The summed E-state index contributed by atoms with van der Waals surface area (Å²) in [6, 6.07) is 4.76. The highest BCUT2D eigenvalue weighted by Crippen LogP contribution is 2.29. The van der Waals surface area contributed by atoms with Crippen molar-refractivity contribution in [2.45, 2.75) is 31.4 Å². The number of nitrogens with one attached hydrogen (secondary N) is 3. The first-order chi connectivity index (χ1) is 14.5. The summed E-state index contributed by atoms with van der Waals surface area (Å²) in [6.07, 6.45) is 1.50. The molecular formula is C19H24FN7O3. The van der Waals surface area contributed by atoms with Gasteiger partial charge in [-0.25, -0.2) is 9.37 Å². The van der Waals surface area contributed by atoms with E-state index in [-0.39, 0.29) is 11.6 Å². The van der Waals surface area contributed by atoms with Gasteiger partial charge in [-0.05, 0) is 18.6 Å². The number of hydrogen-bond acceptors (Lipinski definition) is 8. The maximum absolute atomic E-state index is 13.2. The van der Waals surface area contributed by atoms with Crippen LogP contribution < -0.4 is 21.5 Å². The molecule has 160 valence electrons. The Morgan fingerprint density at radius 1 is 1.47 bits per heavy atom. The second-order valence-corrected chi connectivity index (χ2v) is 7.08. The minimum Gasteiger partial charge on any atom is -0.383 e. The standard InChI is InChI=1S/C19H24FN7O3/c1-21-16-9-15(23-13-4-3-5-26(19(13)29)6-7-30-2)25-17-11(10-22-27(16)17)18(28)24-14-8-12(14)20/h3-5,9-10,12,14,18,21,24,28H,6-8H2,1-2H3,(H,23,25)/t12-,14+,18?/m1/s1. The van der Waals surface area contributed by atoms with Crippen molar-refractivity contribution in [2.24, 2.45) is 0 Å². The molecule has 1 aliphatic carbocycles. The lowest BCUT2D eigenvalue weighted by atomic mass is 10.3. The van der Waals surface area contributed by atoms with E-state index < -0.39 is 12.4 Å². The van der Waals surface area contributed by atoms with E-state index in [1.807, 2.05) is 0 Å². The maximum Gasteiger partial charge on any atom is 0.274 e. The van der Waals surface area contributed by atoms with Gasteiger partial charge in [-0.2, -0.15) is 9.61 Å². The lowest BCUT2D eigenvalue weighted by Crippen LogP contribution is -2.25. The molecule has 0 radical (unpaired) electrons. The summed E-state index contributed by atoms with van der Waals surface area (Å²) in [5.74, 6) is 1.00. The van der Waals surface area contributed by atoms with Crippen LogP contribution in [0, 0.1) is 0 Å². The van der Waals surface area contributed by atoms with Gasteiger partial charge in [0.05, 0.1) is 18.4 Å². The third kappa shape index (κ3) is 3.99. The Morgan fingerprint density at radius 3 is 2.97 bits per heavy atom. The van der Waals surface area contributed by atoms with E-state index in [4.69, 9.17) is 4.74 Å². The molecule has 1 unspecified atom stereocenters. The average Bonchev–Trinajstić information content (AvgIpc) is 3.25. The largest absolute Gasteiger partial charge is 0.383 e. The molecule has 1 saturated carbocycles. The molecule has 1 fully saturated rings. The van der Waals surface area contributed by atoms with Gasteiger partial charge in [-0.15, -0.1) is 0 Å². The van der Waals surface area contributed by atoms with Crippen LogP contribution in [0.2, 0.25) is 0 Å². The summed E-state index contributed by atoms with van der Waals surface area (Å²) in [5, 5.41) is 23.6. The molecule has 3 atom stereocenters. The van der Waals surface area contributed by atoms with Gasteiger partial charge in [0.2, 0.25) is 0 Å². The Morgan fingerprint density at radius 2 is 2.27 bits per heavy atom. The molecule has 4 N–H and O–H groups in total. The summed E-state index contributed by atoms with van der Waals surface area (Å²) in [6.45, 7) is 0.850. The van der Waals surface area contributed by atoms with Crippen LogP contribution in [0.1, 0.15) is 18.2 Å². The molecule has 0 aromatic carbocycles. The first-order valence-corrected chi connectivity index (χ1v) is 9.62. The van der Waals surface area contributed by atoms with Gasteiger partial charge in [0.25, 0.3) is 5.56 Å². The van der Waals surface area contributed by atoms with Crippen LogP contribution in [0.3, 0.4) is 0 Å². The molecule has 0 bridgehead atoms. The number of ether oxygens (including phenoxy) is 1. The highest BCUT2D eigenvalue weighted by molar-refractivity contribution is 5.64. The summed E-state index contributed by atoms with van der Waals surface area (Å²) < 4.78 is 21.3. The van der Waals surface area contributed by atoms with Crippen molar-refractivity contribution in [3.05, 3.63) is 46.5 Å². The molecule has 1 aliphatic rings. The van der Waals surface area contributed by atoms with Gasteiger partial charge < -0.3 is 25.0 Å². The Kier molecular flexibility index (Phi) is 5.66. The van der Waals surface area contributed by atoms with Crippen LogP contribution in [0.4, 0.5) is 21.7 Å². The number of nitrogens with zero attached hydrogens (tertiary/aromatic N) is 4. The summed E-state index contributed by atoms with van der Waals surface area (Å²) >= 11 is 0. The number of rotatable bonds is 9. The zero-order valence-electron chi connectivity index (χ0n) is 16.7. The van der Waals surface area contributed by atoms with Gasteiger partial charge in [-0.3, -0.25) is 10.1 Å². The normalized spacial score (nSPS) is 19.1. The molecule has 3 heterocycles. The van der Waals surface area contributed by atoms with E-state index in [2.05, 4.69) is 26.0 Å². The topological polar surface area (TPSA) is 118 Å². The monoisotopic (exact) mass is 417 g/mol. The highest BCUT2D eigenvalue weighted by Gasteiger charge is 2.39. The third-order valence-corrected chi connectivity index (χ3v) is 4.95. The van der Waals surface area contributed by atoms with E-state index in [1.54, 1.807) is 43.1 Å². The zero-order chi connectivity index (χ0) is 21.3.